The minimum atomic E-state index is -0.295. The van der Waals surface area contributed by atoms with E-state index >= 15 is 0 Å². The third-order valence-electron chi connectivity index (χ3n) is 5.85. The Morgan fingerprint density at radius 3 is 2.30 bits per heavy atom. The lowest BCUT2D eigenvalue weighted by Crippen LogP contribution is -2.28. The monoisotopic (exact) mass is 443 g/mol. The molecule has 0 fully saturated rings. The first-order chi connectivity index (χ1) is 15.8. The Kier molecular flexibility index (Phi) is 6.14. The molecule has 4 rings (SSSR count). The predicted molar refractivity (Wildman–Crippen MR) is 131 cm³/mol. The zero-order chi connectivity index (χ0) is 23.7. The van der Waals surface area contributed by atoms with E-state index in [2.05, 4.69) is 43.1 Å². The number of aromatic nitrogens is 4. The minimum absolute atomic E-state index is 0.124. The molecule has 4 aromatic rings. The van der Waals surface area contributed by atoms with Gasteiger partial charge in [-0.15, -0.1) is 0 Å². The molecule has 1 N–H and O–H groups in total. The van der Waals surface area contributed by atoms with Gasteiger partial charge in [0.05, 0.1) is 11.9 Å². The molecule has 0 saturated heterocycles. The molecule has 0 bridgehead atoms. The molecule has 0 spiro atoms. The molecule has 2 heterocycles. The molecule has 7 heteroatoms. The lowest BCUT2D eigenvalue weighted by molar-refractivity contribution is -0.116. The number of hydrogen-bond donors (Lipinski definition) is 1. The fourth-order valence-corrected chi connectivity index (χ4v) is 4.07. The quantitative estimate of drug-likeness (QED) is 0.465. The Hall–Kier alpha value is -3.74. The number of carbonyl (C=O) groups is 1. The Bertz CT molecular complexity index is 1350. The van der Waals surface area contributed by atoms with Crippen LogP contribution in [0.4, 0.5) is 5.69 Å². The predicted octanol–water partition coefficient (Wildman–Crippen LogP) is 4.78. The number of amides is 1. The summed E-state index contributed by atoms with van der Waals surface area (Å²) < 4.78 is 2.98. The van der Waals surface area contributed by atoms with Crippen molar-refractivity contribution in [2.24, 2.45) is 0 Å². The Morgan fingerprint density at radius 2 is 1.67 bits per heavy atom. The van der Waals surface area contributed by atoms with Crippen molar-refractivity contribution in [3.8, 4) is 5.69 Å². The third kappa shape index (κ3) is 4.31. The summed E-state index contributed by atoms with van der Waals surface area (Å²) in [6.45, 7) is 10.3. The lowest BCUT2D eigenvalue weighted by atomic mass is 9.92. The van der Waals surface area contributed by atoms with Gasteiger partial charge in [-0.3, -0.25) is 14.2 Å². The molecule has 2 aromatic carbocycles. The highest BCUT2D eigenvalue weighted by Crippen LogP contribution is 2.32. The number of fused-ring (bicyclic) bond motifs is 1. The summed E-state index contributed by atoms with van der Waals surface area (Å²) in [5.74, 6) is 0.249. The molecular formula is C26H29N5O2. The van der Waals surface area contributed by atoms with Gasteiger partial charge >= 0.3 is 0 Å². The summed E-state index contributed by atoms with van der Waals surface area (Å²) in [5.41, 5.74) is 5.06. The van der Waals surface area contributed by atoms with E-state index < -0.39 is 0 Å². The standard InChI is InChI=1S/C26H29N5O2/c1-16(2)19-10-8-11-20(17(3)4)24(19)29-23(32)14-30-15-27-25-21(26(30)33)13-28-31(25)22-12-7-6-9-18(22)5/h6-13,15-17H,14H2,1-5H3,(H,29,32). The number of benzene rings is 2. The van der Waals surface area contributed by atoms with E-state index in [0.717, 1.165) is 28.1 Å². The summed E-state index contributed by atoms with van der Waals surface area (Å²) in [7, 11) is 0. The van der Waals surface area contributed by atoms with E-state index in [1.54, 1.807) is 4.68 Å². The fourth-order valence-electron chi connectivity index (χ4n) is 4.07. The van der Waals surface area contributed by atoms with E-state index in [0.29, 0.717) is 11.0 Å². The second-order valence-corrected chi connectivity index (χ2v) is 8.93. The number of hydrogen-bond acceptors (Lipinski definition) is 4. The third-order valence-corrected chi connectivity index (χ3v) is 5.85. The highest BCUT2D eigenvalue weighted by atomic mass is 16.2. The van der Waals surface area contributed by atoms with Crippen molar-refractivity contribution in [3.63, 3.8) is 0 Å². The molecule has 7 nitrogen and oxygen atoms in total. The van der Waals surface area contributed by atoms with Crippen LogP contribution in [-0.2, 0) is 11.3 Å². The van der Waals surface area contributed by atoms with Gasteiger partial charge < -0.3 is 5.32 Å². The summed E-state index contributed by atoms with van der Waals surface area (Å²) in [6.07, 6.45) is 2.93. The maximum atomic E-state index is 13.1. The number of carbonyl (C=O) groups excluding carboxylic acids is 1. The number of para-hydroxylation sites is 2. The van der Waals surface area contributed by atoms with Gasteiger partial charge in [0, 0.05) is 5.69 Å². The molecule has 0 aliphatic heterocycles. The van der Waals surface area contributed by atoms with Gasteiger partial charge in [0.1, 0.15) is 18.3 Å². The Morgan fingerprint density at radius 1 is 1.00 bits per heavy atom. The molecule has 0 saturated carbocycles. The lowest BCUT2D eigenvalue weighted by Gasteiger charge is -2.20. The van der Waals surface area contributed by atoms with Crippen LogP contribution in [0.1, 0.15) is 56.2 Å². The first kappa shape index (κ1) is 22.5. The first-order valence-electron chi connectivity index (χ1n) is 11.2. The van der Waals surface area contributed by atoms with Crippen LogP contribution in [0.25, 0.3) is 16.7 Å². The SMILES string of the molecule is Cc1ccccc1-n1ncc2c(=O)n(CC(=O)Nc3c(C(C)C)cccc3C(C)C)cnc21. The van der Waals surface area contributed by atoms with Gasteiger partial charge in [-0.1, -0.05) is 64.1 Å². The van der Waals surface area contributed by atoms with Crippen molar-refractivity contribution < 1.29 is 4.79 Å². The molecule has 1 amide bonds. The van der Waals surface area contributed by atoms with Gasteiger partial charge in [-0.05, 0) is 41.5 Å². The van der Waals surface area contributed by atoms with Crippen molar-refractivity contribution in [2.75, 3.05) is 5.32 Å². The molecule has 2 aromatic heterocycles. The smallest absolute Gasteiger partial charge is 0.264 e. The molecular weight excluding hydrogens is 414 g/mol. The molecule has 33 heavy (non-hydrogen) atoms. The highest BCUT2D eigenvalue weighted by Gasteiger charge is 2.18. The van der Waals surface area contributed by atoms with Crippen LogP contribution in [0.3, 0.4) is 0 Å². The van der Waals surface area contributed by atoms with Crippen LogP contribution in [0.2, 0.25) is 0 Å². The Balaban J connectivity index is 1.65. The highest BCUT2D eigenvalue weighted by molar-refractivity contribution is 5.92. The van der Waals surface area contributed by atoms with Crippen LogP contribution in [-0.4, -0.2) is 25.2 Å². The average Bonchev–Trinajstić information content (AvgIpc) is 3.20. The van der Waals surface area contributed by atoms with Crippen LogP contribution < -0.4 is 10.9 Å². The van der Waals surface area contributed by atoms with Gasteiger partial charge in [0.15, 0.2) is 5.65 Å². The second kappa shape index (κ2) is 9.02. The van der Waals surface area contributed by atoms with E-state index in [9.17, 15) is 9.59 Å². The average molecular weight is 444 g/mol. The zero-order valence-corrected chi connectivity index (χ0v) is 19.7. The van der Waals surface area contributed by atoms with Crippen LogP contribution in [0.15, 0.2) is 59.8 Å². The van der Waals surface area contributed by atoms with E-state index in [4.69, 9.17) is 0 Å². The molecule has 0 atom stereocenters. The van der Waals surface area contributed by atoms with Crippen molar-refractivity contribution in [1.29, 1.82) is 0 Å². The van der Waals surface area contributed by atoms with Crippen molar-refractivity contribution in [3.05, 3.63) is 82.0 Å². The van der Waals surface area contributed by atoms with E-state index in [1.165, 1.54) is 17.1 Å². The summed E-state index contributed by atoms with van der Waals surface area (Å²) >= 11 is 0. The van der Waals surface area contributed by atoms with Gasteiger partial charge in [0.25, 0.3) is 5.56 Å². The maximum absolute atomic E-state index is 13.1. The molecule has 170 valence electrons. The van der Waals surface area contributed by atoms with E-state index in [-0.39, 0.29) is 29.8 Å². The van der Waals surface area contributed by atoms with Crippen molar-refractivity contribution >= 4 is 22.6 Å². The normalized spacial score (nSPS) is 11.5. The molecule has 0 aliphatic carbocycles. The fraction of sp³-hybridized carbons (Fsp3) is 0.308. The minimum Gasteiger partial charge on any atom is -0.324 e. The Labute approximate surface area is 193 Å². The largest absolute Gasteiger partial charge is 0.324 e. The first-order valence-corrected chi connectivity index (χ1v) is 11.2. The molecule has 0 unspecified atom stereocenters. The molecule has 0 radical (unpaired) electrons. The van der Waals surface area contributed by atoms with Crippen molar-refractivity contribution in [2.45, 2.75) is 53.0 Å². The van der Waals surface area contributed by atoms with Crippen LogP contribution in [0, 0.1) is 6.92 Å². The van der Waals surface area contributed by atoms with Crippen molar-refractivity contribution in [1.82, 2.24) is 19.3 Å². The number of nitrogens with one attached hydrogen (secondary N) is 1. The topological polar surface area (TPSA) is 81.8 Å². The van der Waals surface area contributed by atoms with Gasteiger partial charge in [-0.25, -0.2) is 9.67 Å². The van der Waals surface area contributed by atoms with Gasteiger partial charge in [0.2, 0.25) is 5.91 Å². The summed E-state index contributed by atoms with van der Waals surface area (Å²) in [4.78, 5) is 30.5. The van der Waals surface area contributed by atoms with Crippen LogP contribution in [0.5, 0.6) is 0 Å². The number of anilines is 1. The number of aryl methyl sites for hydroxylation is 1. The van der Waals surface area contributed by atoms with Gasteiger partial charge in [-0.2, -0.15) is 5.10 Å². The number of nitrogens with zero attached hydrogens (tertiary/aromatic N) is 4. The zero-order valence-electron chi connectivity index (χ0n) is 19.7. The number of rotatable bonds is 6. The maximum Gasteiger partial charge on any atom is 0.264 e. The van der Waals surface area contributed by atoms with Crippen LogP contribution >= 0.6 is 0 Å². The molecule has 0 aliphatic rings. The summed E-state index contributed by atoms with van der Waals surface area (Å²) in [5, 5.41) is 7.81. The van der Waals surface area contributed by atoms with E-state index in [1.807, 2.05) is 49.4 Å². The summed E-state index contributed by atoms with van der Waals surface area (Å²) in [6, 6.07) is 13.9. The second-order valence-electron chi connectivity index (χ2n) is 8.93.